The van der Waals surface area contributed by atoms with Gasteiger partial charge < -0.3 is 4.74 Å². The molecule has 0 aliphatic carbocycles. The van der Waals surface area contributed by atoms with Gasteiger partial charge in [-0.3, -0.25) is 0 Å². The molecule has 2 aromatic rings. The quantitative estimate of drug-likeness (QED) is 0.747. The predicted octanol–water partition coefficient (Wildman–Crippen LogP) is 2.46. The molecule has 0 spiro atoms. The van der Waals surface area contributed by atoms with Crippen molar-refractivity contribution in [3.8, 4) is 17.1 Å². The number of aryl methyl sites for hydroxylation is 1. The minimum absolute atomic E-state index is 0.693. The van der Waals surface area contributed by atoms with Crippen molar-refractivity contribution < 1.29 is 4.74 Å². The molecule has 3 heteroatoms. The van der Waals surface area contributed by atoms with E-state index in [-0.39, 0.29) is 0 Å². The van der Waals surface area contributed by atoms with E-state index >= 15 is 0 Å². The van der Waals surface area contributed by atoms with Crippen LogP contribution in [0.4, 0.5) is 0 Å². The molecule has 0 radical (unpaired) electrons. The van der Waals surface area contributed by atoms with Gasteiger partial charge in [-0.25, -0.2) is 9.97 Å². The van der Waals surface area contributed by atoms with Crippen LogP contribution in [-0.2, 0) is 0 Å². The highest BCUT2D eigenvalue weighted by Gasteiger charge is 2.09. The summed E-state index contributed by atoms with van der Waals surface area (Å²) < 4.78 is 5.35. The van der Waals surface area contributed by atoms with Crippen LogP contribution in [0.5, 0.6) is 5.75 Å². The highest BCUT2D eigenvalue weighted by atomic mass is 16.5. The Bertz CT molecular complexity index is 454. The first kappa shape index (κ1) is 9.65. The monoisotopic (exact) mass is 200 g/mol. The fourth-order valence-electron chi connectivity index (χ4n) is 1.54. The van der Waals surface area contributed by atoms with Crippen molar-refractivity contribution in [2.24, 2.45) is 0 Å². The molecule has 76 valence electrons. The number of aromatic nitrogens is 2. The first-order chi connectivity index (χ1) is 7.33. The van der Waals surface area contributed by atoms with Crippen LogP contribution in [-0.4, -0.2) is 17.1 Å². The van der Waals surface area contributed by atoms with E-state index in [4.69, 9.17) is 4.74 Å². The van der Waals surface area contributed by atoms with Gasteiger partial charge in [-0.15, -0.1) is 0 Å². The van der Waals surface area contributed by atoms with Crippen molar-refractivity contribution in [3.05, 3.63) is 42.2 Å². The third-order valence-electron chi connectivity index (χ3n) is 2.22. The molecule has 0 fully saturated rings. The summed E-state index contributed by atoms with van der Waals surface area (Å²) in [4.78, 5) is 8.42. The Morgan fingerprint density at radius 3 is 2.47 bits per heavy atom. The lowest BCUT2D eigenvalue weighted by molar-refractivity contribution is 0.413. The van der Waals surface area contributed by atoms with Crippen molar-refractivity contribution in [3.63, 3.8) is 0 Å². The van der Waals surface area contributed by atoms with Gasteiger partial charge in [0.25, 0.3) is 0 Å². The fraction of sp³-hybridized carbons (Fsp3) is 0.167. The summed E-state index contributed by atoms with van der Waals surface area (Å²) in [6.45, 7) is 2.01. The van der Waals surface area contributed by atoms with Gasteiger partial charge in [0.1, 0.15) is 5.75 Å². The first-order valence-corrected chi connectivity index (χ1v) is 4.74. The molecule has 2 rings (SSSR count). The zero-order chi connectivity index (χ0) is 10.7. The average Bonchev–Trinajstić information content (AvgIpc) is 2.30. The second-order valence-corrected chi connectivity index (χ2v) is 3.23. The highest BCUT2D eigenvalue weighted by molar-refractivity contribution is 5.66. The predicted molar refractivity (Wildman–Crippen MR) is 58.8 cm³/mol. The first-order valence-electron chi connectivity index (χ1n) is 4.74. The topological polar surface area (TPSA) is 35.0 Å². The van der Waals surface area contributed by atoms with Gasteiger partial charge in [0, 0.05) is 12.4 Å². The van der Waals surface area contributed by atoms with Crippen LogP contribution < -0.4 is 4.74 Å². The number of hydrogen-bond acceptors (Lipinski definition) is 3. The minimum atomic E-state index is 0.693. The maximum atomic E-state index is 5.35. The third-order valence-corrected chi connectivity index (χ3v) is 2.22. The summed E-state index contributed by atoms with van der Waals surface area (Å²) in [7, 11) is 1.66. The third kappa shape index (κ3) is 1.81. The number of benzene rings is 1. The van der Waals surface area contributed by atoms with Crippen molar-refractivity contribution >= 4 is 0 Å². The fourth-order valence-corrected chi connectivity index (χ4v) is 1.54. The molecule has 0 saturated carbocycles. The Balaban J connectivity index is 2.58. The smallest absolute Gasteiger partial charge is 0.162 e. The summed E-state index contributed by atoms with van der Waals surface area (Å²) in [6, 6.07) is 7.74. The second kappa shape index (κ2) is 4.09. The van der Waals surface area contributed by atoms with Crippen LogP contribution in [0.15, 0.2) is 36.7 Å². The van der Waals surface area contributed by atoms with E-state index in [0.29, 0.717) is 5.82 Å². The maximum Gasteiger partial charge on any atom is 0.162 e. The molecule has 0 amide bonds. The lowest BCUT2D eigenvalue weighted by Crippen LogP contribution is -1.94. The van der Waals surface area contributed by atoms with Crippen molar-refractivity contribution in [1.29, 1.82) is 0 Å². The molecule has 1 heterocycles. The van der Waals surface area contributed by atoms with Crippen LogP contribution in [0.2, 0.25) is 0 Å². The average molecular weight is 200 g/mol. The van der Waals surface area contributed by atoms with Crippen molar-refractivity contribution in [1.82, 2.24) is 9.97 Å². The zero-order valence-corrected chi connectivity index (χ0v) is 8.77. The summed E-state index contributed by atoms with van der Waals surface area (Å²) in [6.07, 6.45) is 3.45. The van der Waals surface area contributed by atoms with E-state index in [2.05, 4.69) is 9.97 Å². The standard InChI is InChI=1S/C12H12N2O/c1-9-5-3-6-10(11(9)15-2)12-13-7-4-8-14-12/h3-8H,1-2H3. The number of methoxy groups -OCH3 is 1. The SMILES string of the molecule is COc1c(C)cccc1-c1ncccn1. The molecule has 0 saturated heterocycles. The zero-order valence-electron chi connectivity index (χ0n) is 8.77. The van der Waals surface area contributed by atoms with Crippen LogP contribution in [0, 0.1) is 6.92 Å². The molecule has 0 bridgehead atoms. The molecule has 0 atom stereocenters. The van der Waals surface area contributed by atoms with Gasteiger partial charge >= 0.3 is 0 Å². The summed E-state index contributed by atoms with van der Waals surface area (Å²) >= 11 is 0. The van der Waals surface area contributed by atoms with E-state index in [1.165, 1.54) is 0 Å². The molecule has 0 aliphatic heterocycles. The Kier molecular flexibility index (Phi) is 2.63. The van der Waals surface area contributed by atoms with Crippen molar-refractivity contribution in [2.75, 3.05) is 7.11 Å². The Morgan fingerprint density at radius 2 is 1.80 bits per heavy atom. The molecule has 1 aromatic carbocycles. The summed E-state index contributed by atoms with van der Waals surface area (Å²) in [5.74, 6) is 1.53. The molecule has 1 aromatic heterocycles. The Hall–Kier alpha value is -1.90. The van der Waals surface area contributed by atoms with E-state index in [9.17, 15) is 0 Å². The van der Waals surface area contributed by atoms with Crippen LogP contribution in [0.1, 0.15) is 5.56 Å². The number of rotatable bonds is 2. The number of ether oxygens (including phenoxy) is 1. The molecule has 15 heavy (non-hydrogen) atoms. The van der Waals surface area contributed by atoms with E-state index in [0.717, 1.165) is 16.9 Å². The molecular formula is C12H12N2O. The Labute approximate surface area is 88.8 Å². The normalized spacial score (nSPS) is 10.0. The molecule has 0 aliphatic rings. The van der Waals surface area contributed by atoms with E-state index in [1.807, 2.05) is 25.1 Å². The summed E-state index contributed by atoms with van der Waals surface area (Å²) in [5, 5.41) is 0. The minimum Gasteiger partial charge on any atom is -0.496 e. The molecular weight excluding hydrogens is 188 g/mol. The second-order valence-electron chi connectivity index (χ2n) is 3.23. The van der Waals surface area contributed by atoms with E-state index in [1.54, 1.807) is 25.6 Å². The van der Waals surface area contributed by atoms with Crippen LogP contribution in [0.3, 0.4) is 0 Å². The van der Waals surface area contributed by atoms with Gasteiger partial charge in [0.15, 0.2) is 5.82 Å². The lowest BCUT2D eigenvalue weighted by atomic mass is 10.1. The largest absolute Gasteiger partial charge is 0.496 e. The summed E-state index contributed by atoms with van der Waals surface area (Å²) in [5.41, 5.74) is 2.01. The van der Waals surface area contributed by atoms with Crippen LogP contribution >= 0.6 is 0 Å². The number of hydrogen-bond donors (Lipinski definition) is 0. The van der Waals surface area contributed by atoms with Crippen molar-refractivity contribution in [2.45, 2.75) is 6.92 Å². The molecule has 3 nitrogen and oxygen atoms in total. The lowest BCUT2D eigenvalue weighted by Gasteiger charge is -2.09. The maximum absolute atomic E-state index is 5.35. The van der Waals surface area contributed by atoms with E-state index < -0.39 is 0 Å². The highest BCUT2D eigenvalue weighted by Crippen LogP contribution is 2.29. The van der Waals surface area contributed by atoms with Crippen LogP contribution in [0.25, 0.3) is 11.4 Å². The van der Waals surface area contributed by atoms with Gasteiger partial charge in [-0.05, 0) is 24.6 Å². The Morgan fingerprint density at radius 1 is 1.07 bits per heavy atom. The van der Waals surface area contributed by atoms with Gasteiger partial charge in [0.05, 0.1) is 12.7 Å². The van der Waals surface area contributed by atoms with Gasteiger partial charge in [-0.1, -0.05) is 12.1 Å². The number of nitrogens with zero attached hydrogens (tertiary/aromatic N) is 2. The van der Waals surface area contributed by atoms with Gasteiger partial charge in [-0.2, -0.15) is 0 Å². The number of para-hydroxylation sites is 1. The molecule has 0 unspecified atom stereocenters. The van der Waals surface area contributed by atoms with Gasteiger partial charge in [0.2, 0.25) is 0 Å². The molecule has 0 N–H and O–H groups in total.